The number of piperidine rings is 1. The molecule has 9 heteroatoms. The number of benzene rings is 1. The van der Waals surface area contributed by atoms with Crippen molar-refractivity contribution < 1.29 is 27.9 Å². The molecule has 2 heterocycles. The molecule has 1 aliphatic rings. The molecule has 0 radical (unpaired) electrons. The molecular formula is C17H15F3N2O3S. The summed E-state index contributed by atoms with van der Waals surface area (Å²) in [6.45, 7) is 0.651. The summed E-state index contributed by atoms with van der Waals surface area (Å²) in [5.41, 5.74) is -0.307. The van der Waals surface area contributed by atoms with Crippen LogP contribution in [0.15, 0.2) is 29.6 Å². The van der Waals surface area contributed by atoms with Gasteiger partial charge in [-0.1, -0.05) is 12.1 Å². The van der Waals surface area contributed by atoms with Gasteiger partial charge in [0.05, 0.1) is 11.5 Å². The van der Waals surface area contributed by atoms with Crippen LogP contribution in [0.4, 0.5) is 13.2 Å². The lowest BCUT2D eigenvalue weighted by Gasteiger charge is -2.29. The Bertz CT molecular complexity index is 827. The summed E-state index contributed by atoms with van der Waals surface area (Å²) in [6, 6.07) is 4.81. The van der Waals surface area contributed by atoms with Gasteiger partial charge in [0.25, 0.3) is 5.91 Å². The van der Waals surface area contributed by atoms with E-state index in [2.05, 4.69) is 4.98 Å². The maximum atomic E-state index is 12.8. The van der Waals surface area contributed by atoms with E-state index < -0.39 is 23.6 Å². The number of carbonyl (C=O) groups excluding carboxylic acids is 1. The van der Waals surface area contributed by atoms with E-state index in [0.717, 1.165) is 23.5 Å². The lowest BCUT2D eigenvalue weighted by atomic mass is 9.97. The van der Waals surface area contributed by atoms with Gasteiger partial charge in [0.1, 0.15) is 10.7 Å². The Morgan fingerprint density at radius 3 is 2.54 bits per heavy atom. The Morgan fingerprint density at radius 1 is 1.23 bits per heavy atom. The maximum Gasteiger partial charge on any atom is 0.416 e. The summed E-state index contributed by atoms with van der Waals surface area (Å²) < 4.78 is 38.5. The molecule has 5 nitrogen and oxygen atoms in total. The highest BCUT2D eigenvalue weighted by Crippen LogP contribution is 2.33. The second-order valence-electron chi connectivity index (χ2n) is 6.02. The van der Waals surface area contributed by atoms with Crippen LogP contribution in [0.3, 0.4) is 0 Å². The minimum absolute atomic E-state index is 0.163. The van der Waals surface area contributed by atoms with E-state index in [4.69, 9.17) is 5.11 Å². The largest absolute Gasteiger partial charge is 0.481 e. The van der Waals surface area contributed by atoms with E-state index in [0.29, 0.717) is 36.5 Å². The summed E-state index contributed by atoms with van der Waals surface area (Å²) in [5, 5.41) is 10.8. The second-order valence-corrected chi connectivity index (χ2v) is 6.88. The number of nitrogens with zero attached hydrogens (tertiary/aromatic N) is 2. The van der Waals surface area contributed by atoms with Gasteiger partial charge in [-0.2, -0.15) is 13.2 Å². The molecule has 1 amide bonds. The number of alkyl halides is 3. The molecule has 0 bridgehead atoms. The van der Waals surface area contributed by atoms with Gasteiger partial charge < -0.3 is 10.0 Å². The SMILES string of the molecule is O=C(O)C1CCN(C(=O)c2csc(-c3cccc(C(F)(F)F)c3)n2)CC1. The van der Waals surface area contributed by atoms with Gasteiger partial charge in [-0.25, -0.2) is 4.98 Å². The average Bonchev–Trinajstić information content (AvgIpc) is 3.10. The summed E-state index contributed by atoms with van der Waals surface area (Å²) >= 11 is 1.10. The molecule has 0 spiro atoms. The van der Waals surface area contributed by atoms with Crippen molar-refractivity contribution >= 4 is 23.2 Å². The van der Waals surface area contributed by atoms with Crippen LogP contribution >= 0.6 is 11.3 Å². The number of thiazole rings is 1. The van der Waals surface area contributed by atoms with Gasteiger partial charge in [-0.05, 0) is 25.0 Å². The fourth-order valence-electron chi connectivity index (χ4n) is 2.82. The van der Waals surface area contributed by atoms with Crippen LogP contribution in [0, 0.1) is 5.92 Å². The van der Waals surface area contributed by atoms with Crippen LogP contribution in [-0.4, -0.2) is 40.0 Å². The molecular weight excluding hydrogens is 369 g/mol. The zero-order chi connectivity index (χ0) is 18.9. The molecule has 1 aromatic heterocycles. The molecule has 2 aromatic rings. The Balaban J connectivity index is 1.74. The number of aliphatic carboxylic acids is 1. The molecule has 0 aliphatic carbocycles. The highest BCUT2D eigenvalue weighted by Gasteiger charge is 2.31. The summed E-state index contributed by atoms with van der Waals surface area (Å²) in [4.78, 5) is 29.2. The molecule has 1 N–H and O–H groups in total. The van der Waals surface area contributed by atoms with Crippen molar-refractivity contribution in [2.45, 2.75) is 19.0 Å². The topological polar surface area (TPSA) is 70.5 Å². The van der Waals surface area contributed by atoms with Gasteiger partial charge in [0, 0.05) is 24.0 Å². The van der Waals surface area contributed by atoms with Crippen LogP contribution in [0.2, 0.25) is 0 Å². The summed E-state index contributed by atoms with van der Waals surface area (Å²) in [6.07, 6.45) is -3.68. The first-order chi connectivity index (χ1) is 12.3. The number of hydrogen-bond acceptors (Lipinski definition) is 4. The number of aromatic nitrogens is 1. The summed E-state index contributed by atoms with van der Waals surface area (Å²) in [7, 11) is 0. The Kier molecular flexibility index (Phi) is 4.99. The van der Waals surface area contributed by atoms with E-state index in [1.54, 1.807) is 0 Å². The van der Waals surface area contributed by atoms with Crippen molar-refractivity contribution in [3.05, 3.63) is 40.9 Å². The van der Waals surface area contributed by atoms with E-state index in [1.165, 1.54) is 22.4 Å². The zero-order valence-corrected chi connectivity index (χ0v) is 14.3. The molecule has 3 rings (SSSR count). The van der Waals surface area contributed by atoms with Crippen LogP contribution in [0.5, 0.6) is 0 Å². The number of amides is 1. The molecule has 1 aliphatic heterocycles. The predicted molar refractivity (Wildman–Crippen MR) is 88.8 cm³/mol. The van der Waals surface area contributed by atoms with Crippen LogP contribution < -0.4 is 0 Å². The Labute approximate surface area is 151 Å². The monoisotopic (exact) mass is 384 g/mol. The van der Waals surface area contributed by atoms with Gasteiger partial charge in [-0.15, -0.1) is 11.3 Å². The van der Waals surface area contributed by atoms with Gasteiger partial charge in [0.15, 0.2) is 0 Å². The first kappa shape index (κ1) is 18.4. The Morgan fingerprint density at radius 2 is 1.92 bits per heavy atom. The van der Waals surface area contributed by atoms with Crippen molar-refractivity contribution in [2.75, 3.05) is 13.1 Å². The van der Waals surface area contributed by atoms with E-state index in [1.807, 2.05) is 0 Å². The van der Waals surface area contributed by atoms with Gasteiger partial charge in [0.2, 0.25) is 0 Å². The number of hydrogen-bond donors (Lipinski definition) is 1. The van der Waals surface area contributed by atoms with E-state index in [9.17, 15) is 22.8 Å². The first-order valence-electron chi connectivity index (χ1n) is 7.91. The Hall–Kier alpha value is -2.42. The van der Waals surface area contributed by atoms with E-state index >= 15 is 0 Å². The number of carboxylic acid groups (broad SMARTS) is 1. The molecule has 0 saturated carbocycles. The molecule has 1 aromatic carbocycles. The molecule has 1 fully saturated rings. The normalized spacial score (nSPS) is 15.9. The number of likely N-dealkylation sites (tertiary alicyclic amines) is 1. The highest BCUT2D eigenvalue weighted by molar-refractivity contribution is 7.13. The highest BCUT2D eigenvalue weighted by atomic mass is 32.1. The maximum absolute atomic E-state index is 12.8. The lowest BCUT2D eigenvalue weighted by molar-refractivity contribution is -0.143. The first-order valence-corrected chi connectivity index (χ1v) is 8.79. The third-order valence-corrected chi connectivity index (χ3v) is 5.18. The quantitative estimate of drug-likeness (QED) is 0.875. The molecule has 0 atom stereocenters. The second kappa shape index (κ2) is 7.06. The molecule has 138 valence electrons. The standard InChI is InChI=1S/C17H15F3N2O3S/c18-17(19,20)12-3-1-2-11(8-12)14-21-13(9-26-14)15(23)22-6-4-10(5-7-22)16(24)25/h1-3,8-10H,4-7H2,(H,24,25). The number of carbonyl (C=O) groups is 2. The minimum atomic E-state index is -4.44. The predicted octanol–water partition coefficient (Wildman–Crippen LogP) is 3.77. The smallest absolute Gasteiger partial charge is 0.416 e. The summed E-state index contributed by atoms with van der Waals surface area (Å²) in [5.74, 6) is -1.64. The third-order valence-electron chi connectivity index (χ3n) is 4.29. The average molecular weight is 384 g/mol. The van der Waals surface area contributed by atoms with Crippen molar-refractivity contribution in [3.8, 4) is 10.6 Å². The fourth-order valence-corrected chi connectivity index (χ4v) is 3.62. The number of halogens is 3. The van der Waals surface area contributed by atoms with Gasteiger partial charge >= 0.3 is 12.1 Å². The van der Waals surface area contributed by atoms with Crippen LogP contribution in [0.25, 0.3) is 10.6 Å². The van der Waals surface area contributed by atoms with Crippen molar-refractivity contribution in [3.63, 3.8) is 0 Å². The van der Waals surface area contributed by atoms with Gasteiger partial charge in [-0.3, -0.25) is 9.59 Å². The minimum Gasteiger partial charge on any atom is -0.481 e. The number of rotatable bonds is 3. The van der Waals surface area contributed by atoms with Crippen molar-refractivity contribution in [1.29, 1.82) is 0 Å². The van der Waals surface area contributed by atoms with Crippen LogP contribution in [0.1, 0.15) is 28.9 Å². The lowest BCUT2D eigenvalue weighted by Crippen LogP contribution is -2.40. The van der Waals surface area contributed by atoms with Crippen LogP contribution in [-0.2, 0) is 11.0 Å². The molecule has 26 heavy (non-hydrogen) atoms. The van der Waals surface area contributed by atoms with Crippen molar-refractivity contribution in [2.24, 2.45) is 5.92 Å². The van der Waals surface area contributed by atoms with E-state index in [-0.39, 0.29) is 11.6 Å². The number of carboxylic acids is 1. The van der Waals surface area contributed by atoms with Crippen molar-refractivity contribution in [1.82, 2.24) is 9.88 Å². The molecule has 0 unspecified atom stereocenters. The fraction of sp³-hybridized carbons (Fsp3) is 0.353. The zero-order valence-electron chi connectivity index (χ0n) is 13.5. The molecule has 1 saturated heterocycles. The third kappa shape index (κ3) is 3.87.